The quantitative estimate of drug-likeness (QED) is 0.506. The molecule has 0 saturated carbocycles. The van der Waals surface area contributed by atoms with Crippen molar-refractivity contribution in [3.8, 4) is 11.5 Å². The van der Waals surface area contributed by atoms with Crippen molar-refractivity contribution < 1.29 is 14.6 Å². The number of aromatic hydroxyl groups is 1. The van der Waals surface area contributed by atoms with Gasteiger partial charge < -0.3 is 9.84 Å². The molecular weight excluding hydrogens is 392 g/mol. The van der Waals surface area contributed by atoms with E-state index < -0.39 is 5.91 Å². The molecule has 122 valence electrons. The first-order valence-electron chi connectivity index (χ1n) is 6.97. The minimum Gasteiger partial charge on any atom is -0.507 e. The largest absolute Gasteiger partial charge is 0.507 e. The van der Waals surface area contributed by atoms with Crippen LogP contribution < -0.4 is 10.2 Å². The Morgan fingerprint density at radius 2 is 2.12 bits per heavy atom. The zero-order chi connectivity index (χ0) is 17.1. The molecule has 0 radical (unpaired) electrons. The lowest BCUT2D eigenvalue weighted by Crippen LogP contribution is -2.17. The van der Waals surface area contributed by atoms with Crippen LogP contribution in [0.4, 0.5) is 0 Å². The molecule has 2 aromatic carbocycles. The number of hydrazone groups is 1. The number of rotatable bonds is 4. The molecule has 0 aliphatic rings. The summed E-state index contributed by atoms with van der Waals surface area (Å²) in [5, 5.41) is 14.7. The number of nitrogens with one attached hydrogen (secondary N) is 1. The van der Waals surface area contributed by atoms with Gasteiger partial charge in [-0.3, -0.25) is 4.79 Å². The van der Waals surface area contributed by atoms with Gasteiger partial charge in [0, 0.05) is 14.6 Å². The fourth-order valence-corrected chi connectivity index (χ4v) is 3.64. The van der Waals surface area contributed by atoms with Crippen LogP contribution in [-0.2, 0) is 0 Å². The Bertz CT molecular complexity index is 937. The zero-order valence-corrected chi connectivity index (χ0v) is 15.0. The number of carbonyl (C=O) groups is 1. The smallest absolute Gasteiger partial charge is 0.275 e. The van der Waals surface area contributed by atoms with Crippen LogP contribution in [0, 0.1) is 0 Å². The van der Waals surface area contributed by atoms with Crippen LogP contribution in [0.25, 0.3) is 10.1 Å². The monoisotopic (exact) mass is 404 g/mol. The molecule has 5 nitrogen and oxygen atoms in total. The Morgan fingerprint density at radius 1 is 1.33 bits per heavy atom. The van der Waals surface area contributed by atoms with Crippen LogP contribution in [0.2, 0.25) is 0 Å². The summed E-state index contributed by atoms with van der Waals surface area (Å²) >= 11 is 4.78. The molecule has 3 aromatic rings. The molecule has 2 N–H and O–H groups in total. The fourth-order valence-electron chi connectivity index (χ4n) is 2.24. The lowest BCUT2D eigenvalue weighted by atomic mass is 10.2. The number of hydrogen-bond donors (Lipinski definition) is 2. The van der Waals surface area contributed by atoms with Crippen LogP contribution >= 0.6 is 27.3 Å². The van der Waals surface area contributed by atoms with E-state index >= 15 is 0 Å². The normalized spacial score (nSPS) is 11.1. The van der Waals surface area contributed by atoms with Crippen LogP contribution in [0.5, 0.6) is 11.5 Å². The van der Waals surface area contributed by atoms with Gasteiger partial charge in [-0.25, -0.2) is 5.43 Å². The highest BCUT2D eigenvalue weighted by atomic mass is 79.9. The third-order valence-corrected chi connectivity index (χ3v) is 4.91. The highest BCUT2D eigenvalue weighted by Gasteiger charge is 2.12. The summed E-state index contributed by atoms with van der Waals surface area (Å²) < 4.78 is 7.21. The zero-order valence-electron chi connectivity index (χ0n) is 12.6. The molecule has 24 heavy (non-hydrogen) atoms. The van der Waals surface area contributed by atoms with Gasteiger partial charge in [-0.15, -0.1) is 11.3 Å². The molecule has 0 spiro atoms. The van der Waals surface area contributed by atoms with Gasteiger partial charge in [-0.2, -0.15) is 5.10 Å². The highest BCUT2D eigenvalue weighted by Crippen LogP contribution is 2.36. The molecule has 0 aliphatic heterocycles. The molecule has 0 aliphatic carbocycles. The molecule has 0 saturated heterocycles. The van der Waals surface area contributed by atoms with Gasteiger partial charge >= 0.3 is 0 Å². The maximum atomic E-state index is 12.1. The molecule has 0 atom stereocenters. The molecule has 0 fully saturated rings. The van der Waals surface area contributed by atoms with Crippen molar-refractivity contribution in [3.05, 3.63) is 57.4 Å². The minimum atomic E-state index is -0.495. The van der Waals surface area contributed by atoms with E-state index in [2.05, 4.69) is 26.5 Å². The predicted molar refractivity (Wildman–Crippen MR) is 99.2 cm³/mol. The van der Waals surface area contributed by atoms with Crippen molar-refractivity contribution in [1.29, 1.82) is 0 Å². The van der Waals surface area contributed by atoms with Crippen LogP contribution in [0.1, 0.15) is 15.2 Å². The number of halogens is 1. The Morgan fingerprint density at radius 3 is 2.92 bits per heavy atom. The third kappa shape index (κ3) is 3.27. The van der Waals surface area contributed by atoms with E-state index in [1.165, 1.54) is 29.7 Å². The number of nitrogens with zero attached hydrogens (tertiary/aromatic N) is 1. The van der Waals surface area contributed by atoms with Crippen molar-refractivity contribution in [2.75, 3.05) is 7.11 Å². The maximum Gasteiger partial charge on any atom is 0.275 e. The van der Waals surface area contributed by atoms with Gasteiger partial charge in [0.15, 0.2) is 0 Å². The summed E-state index contributed by atoms with van der Waals surface area (Å²) in [5.74, 6) is 0.120. The first-order chi connectivity index (χ1) is 11.6. The average molecular weight is 405 g/mol. The van der Waals surface area contributed by atoms with Gasteiger partial charge in [0.25, 0.3) is 5.91 Å². The topological polar surface area (TPSA) is 70.9 Å². The lowest BCUT2D eigenvalue weighted by molar-refractivity contribution is 0.0952. The van der Waals surface area contributed by atoms with Crippen molar-refractivity contribution in [2.24, 2.45) is 5.10 Å². The SMILES string of the molecule is COc1c(C=NNC(=O)c2cc(Br)ccc2O)sc2ccccc12. The molecule has 0 unspecified atom stereocenters. The van der Waals surface area contributed by atoms with Crippen LogP contribution in [-0.4, -0.2) is 24.3 Å². The van der Waals surface area contributed by atoms with Crippen LogP contribution in [0.15, 0.2) is 52.0 Å². The number of benzene rings is 2. The van der Waals surface area contributed by atoms with Gasteiger partial charge in [0.05, 0.1) is 23.8 Å². The van der Waals surface area contributed by atoms with Gasteiger partial charge in [0.2, 0.25) is 0 Å². The van der Waals surface area contributed by atoms with Crippen molar-refractivity contribution in [2.45, 2.75) is 0 Å². The Kier molecular flexibility index (Phi) is 4.82. The molecule has 1 heterocycles. The second-order valence-electron chi connectivity index (χ2n) is 4.86. The Hall–Kier alpha value is -2.38. The maximum absolute atomic E-state index is 12.1. The van der Waals surface area contributed by atoms with Crippen LogP contribution in [0.3, 0.4) is 0 Å². The third-order valence-electron chi connectivity index (χ3n) is 3.33. The number of fused-ring (bicyclic) bond motifs is 1. The minimum absolute atomic E-state index is 0.106. The van der Waals surface area contributed by atoms with Crippen molar-refractivity contribution in [3.63, 3.8) is 0 Å². The number of ether oxygens (including phenoxy) is 1. The van der Waals surface area contributed by atoms with E-state index in [1.54, 1.807) is 13.2 Å². The van der Waals surface area contributed by atoms with E-state index in [0.717, 1.165) is 20.7 Å². The summed E-state index contributed by atoms with van der Waals surface area (Å²) in [6.45, 7) is 0. The van der Waals surface area contributed by atoms with Crippen molar-refractivity contribution in [1.82, 2.24) is 5.43 Å². The lowest BCUT2D eigenvalue weighted by Gasteiger charge is -2.03. The first kappa shape index (κ1) is 16.5. The number of phenolic OH excluding ortho intramolecular Hbond substituents is 1. The van der Waals surface area contributed by atoms with E-state index in [1.807, 2.05) is 24.3 Å². The van der Waals surface area contributed by atoms with Crippen molar-refractivity contribution >= 4 is 49.5 Å². The molecule has 1 amide bonds. The van der Waals surface area contributed by atoms with Gasteiger partial charge in [-0.1, -0.05) is 28.1 Å². The fraction of sp³-hybridized carbons (Fsp3) is 0.0588. The number of amides is 1. The van der Waals surface area contributed by atoms with E-state index in [4.69, 9.17) is 4.74 Å². The van der Waals surface area contributed by atoms with E-state index in [-0.39, 0.29) is 11.3 Å². The molecular formula is C17H13BrN2O3S. The summed E-state index contributed by atoms with van der Waals surface area (Å²) in [4.78, 5) is 12.9. The summed E-state index contributed by atoms with van der Waals surface area (Å²) in [7, 11) is 1.60. The van der Waals surface area contributed by atoms with Gasteiger partial charge in [0.1, 0.15) is 11.5 Å². The Labute approximate surface area is 150 Å². The first-order valence-corrected chi connectivity index (χ1v) is 8.58. The predicted octanol–water partition coefficient (Wildman–Crippen LogP) is 4.14. The summed E-state index contributed by atoms with van der Waals surface area (Å²) in [5.41, 5.74) is 2.56. The number of hydrogen-bond acceptors (Lipinski definition) is 5. The highest BCUT2D eigenvalue weighted by molar-refractivity contribution is 9.10. The standard InChI is InChI=1S/C17H13BrN2O3S/c1-23-16-11-4-2-3-5-14(11)24-15(16)9-19-20-17(22)12-8-10(18)6-7-13(12)21/h2-9,21H,1H3,(H,20,22). The molecule has 3 rings (SSSR count). The Balaban J connectivity index is 1.81. The number of methoxy groups -OCH3 is 1. The molecule has 1 aromatic heterocycles. The number of thiophene rings is 1. The average Bonchev–Trinajstić information content (AvgIpc) is 2.94. The second kappa shape index (κ2) is 7.02. The number of phenols is 1. The number of carbonyl (C=O) groups excluding carboxylic acids is 1. The second-order valence-corrected chi connectivity index (χ2v) is 6.86. The van der Waals surface area contributed by atoms with E-state index in [9.17, 15) is 9.90 Å². The molecule has 7 heteroatoms. The van der Waals surface area contributed by atoms with E-state index in [0.29, 0.717) is 4.47 Å². The van der Waals surface area contributed by atoms with Gasteiger partial charge in [-0.05, 0) is 30.3 Å². The summed E-state index contributed by atoms with van der Waals surface area (Å²) in [6, 6.07) is 12.5. The molecule has 0 bridgehead atoms. The summed E-state index contributed by atoms with van der Waals surface area (Å²) in [6.07, 6.45) is 1.54.